The van der Waals surface area contributed by atoms with Crippen LogP contribution in [0.1, 0.15) is 19.4 Å². The van der Waals surface area contributed by atoms with E-state index in [0.717, 1.165) is 27.2 Å². The van der Waals surface area contributed by atoms with Gasteiger partial charge in [-0.3, -0.25) is 9.69 Å². The first-order valence-electron chi connectivity index (χ1n) is 10.4. The largest absolute Gasteiger partial charge is 0.284 e. The minimum Gasteiger partial charge on any atom is -0.284 e. The fraction of sp³-hybridized carbons (Fsp3) is 0.111. The van der Waals surface area contributed by atoms with E-state index in [2.05, 4.69) is 42.5 Å². The number of carbonyl (C=O) groups excluding carboxylic acids is 1. The van der Waals surface area contributed by atoms with Crippen LogP contribution in [0.3, 0.4) is 0 Å². The monoisotopic (exact) mass is 422 g/mol. The van der Waals surface area contributed by atoms with Crippen LogP contribution < -0.4 is 0 Å². The van der Waals surface area contributed by atoms with Gasteiger partial charge < -0.3 is 0 Å². The molecule has 31 heavy (non-hydrogen) atoms. The molecule has 0 unspecified atom stereocenters. The van der Waals surface area contributed by atoms with Gasteiger partial charge in [-0.2, -0.15) is 0 Å². The topological polar surface area (TPSA) is 32.7 Å². The van der Waals surface area contributed by atoms with Crippen molar-refractivity contribution in [1.29, 1.82) is 0 Å². The SMILES string of the molecule is CC(C)N1C(=O)/C(=C\c2c3ccccc3cc3ccccc23)SC1=Nc1ccccc1. The Bertz CT molecular complexity index is 1300. The van der Waals surface area contributed by atoms with Crippen LogP contribution in [0.15, 0.2) is 94.8 Å². The second-order valence-electron chi connectivity index (χ2n) is 7.84. The zero-order chi connectivity index (χ0) is 21.4. The van der Waals surface area contributed by atoms with Crippen LogP contribution in [0.25, 0.3) is 27.6 Å². The Morgan fingerprint density at radius 2 is 1.42 bits per heavy atom. The first-order chi connectivity index (χ1) is 15.1. The average Bonchev–Trinajstić information content (AvgIpc) is 3.09. The minimum atomic E-state index is 0.00620. The first kappa shape index (κ1) is 19.6. The normalized spacial score (nSPS) is 17.0. The van der Waals surface area contributed by atoms with E-state index in [0.29, 0.717) is 4.91 Å². The number of benzene rings is 4. The molecule has 152 valence electrons. The van der Waals surface area contributed by atoms with E-state index in [1.54, 1.807) is 4.90 Å². The van der Waals surface area contributed by atoms with Gasteiger partial charge in [-0.1, -0.05) is 66.7 Å². The summed E-state index contributed by atoms with van der Waals surface area (Å²) >= 11 is 1.45. The molecule has 1 aliphatic heterocycles. The van der Waals surface area contributed by atoms with Crippen LogP contribution in [0.4, 0.5) is 5.69 Å². The van der Waals surface area contributed by atoms with Gasteiger partial charge in [-0.25, -0.2) is 4.99 Å². The van der Waals surface area contributed by atoms with Crippen molar-refractivity contribution in [2.24, 2.45) is 4.99 Å². The number of amidine groups is 1. The number of fused-ring (bicyclic) bond motifs is 2. The van der Waals surface area contributed by atoms with Crippen LogP contribution in [0.5, 0.6) is 0 Å². The maximum Gasteiger partial charge on any atom is 0.266 e. The summed E-state index contributed by atoms with van der Waals surface area (Å²) in [4.78, 5) is 20.6. The number of aliphatic imine (C=N–C) groups is 1. The van der Waals surface area contributed by atoms with E-state index in [1.807, 2.05) is 62.4 Å². The molecule has 0 radical (unpaired) electrons. The number of hydrogen-bond acceptors (Lipinski definition) is 3. The van der Waals surface area contributed by atoms with E-state index >= 15 is 0 Å². The lowest BCUT2D eigenvalue weighted by molar-refractivity contribution is -0.123. The summed E-state index contributed by atoms with van der Waals surface area (Å²) in [6.07, 6.45) is 2.04. The summed E-state index contributed by atoms with van der Waals surface area (Å²) in [7, 11) is 0. The Balaban J connectivity index is 1.68. The second kappa shape index (κ2) is 8.05. The highest BCUT2D eigenvalue weighted by molar-refractivity contribution is 8.18. The van der Waals surface area contributed by atoms with Crippen molar-refractivity contribution >= 4 is 56.1 Å². The van der Waals surface area contributed by atoms with Crippen molar-refractivity contribution < 1.29 is 4.79 Å². The average molecular weight is 423 g/mol. The third-order valence-electron chi connectivity index (χ3n) is 5.42. The number of carbonyl (C=O) groups is 1. The van der Waals surface area contributed by atoms with Crippen LogP contribution in [-0.4, -0.2) is 22.0 Å². The molecule has 4 heteroatoms. The summed E-state index contributed by atoms with van der Waals surface area (Å²) in [6.45, 7) is 4.05. The summed E-state index contributed by atoms with van der Waals surface area (Å²) in [5.41, 5.74) is 1.93. The Morgan fingerprint density at radius 1 is 0.839 bits per heavy atom. The van der Waals surface area contributed by atoms with Crippen molar-refractivity contribution in [2.75, 3.05) is 0 Å². The van der Waals surface area contributed by atoms with E-state index in [-0.39, 0.29) is 11.9 Å². The fourth-order valence-corrected chi connectivity index (χ4v) is 5.07. The van der Waals surface area contributed by atoms with Crippen LogP contribution in [0, 0.1) is 0 Å². The molecule has 0 atom stereocenters. The summed E-state index contributed by atoms with van der Waals surface area (Å²) < 4.78 is 0. The van der Waals surface area contributed by atoms with Gasteiger partial charge in [0.15, 0.2) is 5.17 Å². The van der Waals surface area contributed by atoms with Crippen molar-refractivity contribution in [3.63, 3.8) is 0 Å². The molecular formula is C27H22N2OS. The highest BCUT2D eigenvalue weighted by atomic mass is 32.2. The Kier molecular flexibility index (Phi) is 5.08. The van der Waals surface area contributed by atoms with Crippen LogP contribution >= 0.6 is 11.8 Å². The summed E-state index contributed by atoms with van der Waals surface area (Å²) in [6, 6.07) is 28.7. The van der Waals surface area contributed by atoms with Crippen molar-refractivity contribution in [2.45, 2.75) is 19.9 Å². The standard InChI is InChI=1S/C27H22N2OS/c1-18(2)29-26(30)25(31-27(29)28-21-12-4-3-5-13-21)17-24-22-14-8-6-10-19(22)16-20-11-7-9-15-23(20)24/h3-18H,1-2H3/b25-17+,28-27?. The molecular weight excluding hydrogens is 400 g/mol. The Labute approximate surface area is 186 Å². The highest BCUT2D eigenvalue weighted by Crippen LogP contribution is 2.38. The molecule has 5 rings (SSSR count). The second-order valence-corrected chi connectivity index (χ2v) is 8.85. The number of rotatable bonds is 3. The van der Waals surface area contributed by atoms with E-state index in [1.165, 1.54) is 22.5 Å². The Hall–Kier alpha value is -3.37. The molecule has 0 aromatic heterocycles. The lowest BCUT2D eigenvalue weighted by atomic mass is 9.96. The molecule has 1 saturated heterocycles. The molecule has 0 N–H and O–H groups in total. The van der Waals surface area contributed by atoms with E-state index in [4.69, 9.17) is 4.99 Å². The van der Waals surface area contributed by atoms with Crippen molar-refractivity contribution in [3.8, 4) is 0 Å². The van der Waals surface area contributed by atoms with Gasteiger partial charge in [0.25, 0.3) is 5.91 Å². The van der Waals surface area contributed by atoms with Crippen molar-refractivity contribution in [1.82, 2.24) is 4.90 Å². The Morgan fingerprint density at radius 3 is 2.03 bits per heavy atom. The van der Waals surface area contributed by atoms with Crippen LogP contribution in [-0.2, 0) is 4.79 Å². The smallest absolute Gasteiger partial charge is 0.266 e. The van der Waals surface area contributed by atoms with Gasteiger partial charge in [-0.15, -0.1) is 0 Å². The molecule has 1 fully saturated rings. The summed E-state index contributed by atoms with van der Waals surface area (Å²) in [5.74, 6) is 0.00620. The van der Waals surface area contributed by atoms with Crippen LogP contribution in [0.2, 0.25) is 0 Å². The quantitative estimate of drug-likeness (QED) is 0.263. The number of amides is 1. The van der Waals surface area contributed by atoms with Gasteiger partial charge >= 0.3 is 0 Å². The number of hydrogen-bond donors (Lipinski definition) is 0. The first-order valence-corrected chi connectivity index (χ1v) is 11.2. The van der Waals surface area contributed by atoms with E-state index in [9.17, 15) is 4.79 Å². The lowest BCUT2D eigenvalue weighted by Gasteiger charge is -2.19. The third kappa shape index (κ3) is 3.64. The molecule has 1 heterocycles. The molecule has 3 nitrogen and oxygen atoms in total. The van der Waals surface area contributed by atoms with Gasteiger partial charge in [-0.05, 0) is 77.0 Å². The molecule has 0 saturated carbocycles. The fourth-order valence-electron chi connectivity index (χ4n) is 3.97. The van der Waals surface area contributed by atoms with Gasteiger partial charge in [0.2, 0.25) is 0 Å². The van der Waals surface area contributed by atoms with E-state index < -0.39 is 0 Å². The molecule has 4 aromatic carbocycles. The molecule has 0 bridgehead atoms. The molecule has 1 aliphatic rings. The predicted octanol–water partition coefficient (Wildman–Crippen LogP) is 7.01. The minimum absolute atomic E-state index is 0.00620. The number of para-hydroxylation sites is 1. The number of thioether (sulfide) groups is 1. The predicted molar refractivity (Wildman–Crippen MR) is 133 cm³/mol. The third-order valence-corrected chi connectivity index (χ3v) is 6.41. The zero-order valence-electron chi connectivity index (χ0n) is 17.4. The highest BCUT2D eigenvalue weighted by Gasteiger charge is 2.35. The maximum absolute atomic E-state index is 13.4. The van der Waals surface area contributed by atoms with Crippen molar-refractivity contribution in [3.05, 3.63) is 95.4 Å². The lowest BCUT2D eigenvalue weighted by Crippen LogP contribution is -2.35. The maximum atomic E-state index is 13.4. The molecule has 0 aliphatic carbocycles. The summed E-state index contributed by atoms with van der Waals surface area (Å²) in [5, 5.41) is 5.35. The molecule has 1 amide bonds. The number of nitrogens with zero attached hydrogens (tertiary/aromatic N) is 2. The van der Waals surface area contributed by atoms with Gasteiger partial charge in [0, 0.05) is 6.04 Å². The van der Waals surface area contributed by atoms with Gasteiger partial charge in [0.1, 0.15) is 0 Å². The van der Waals surface area contributed by atoms with Gasteiger partial charge in [0.05, 0.1) is 10.6 Å². The zero-order valence-corrected chi connectivity index (χ0v) is 18.3. The molecule has 0 spiro atoms. The molecule has 4 aromatic rings.